The third-order valence-electron chi connectivity index (χ3n) is 6.81. The fraction of sp³-hybridized carbons (Fsp3) is 0.321. The van der Waals surface area contributed by atoms with Gasteiger partial charge in [0.2, 0.25) is 0 Å². The van der Waals surface area contributed by atoms with Crippen molar-refractivity contribution in [2.75, 3.05) is 0 Å². The molecular formula is C28H24F8N2O. The van der Waals surface area contributed by atoms with Crippen LogP contribution in [0.5, 0.6) is 0 Å². The minimum Gasteiger partial charge on any atom is -0.335 e. The average Bonchev–Trinajstić information content (AvgIpc) is 3.35. The van der Waals surface area contributed by atoms with Crippen LogP contribution in [-0.4, -0.2) is 12.1 Å². The molecule has 1 atom stereocenters. The maximum Gasteiger partial charge on any atom is 0.419 e. The Hall–Kier alpha value is -3.63. The van der Waals surface area contributed by atoms with Crippen LogP contribution in [0.1, 0.15) is 53.5 Å². The highest BCUT2D eigenvalue weighted by Gasteiger charge is 2.44. The summed E-state index contributed by atoms with van der Waals surface area (Å²) in [7, 11) is 0. The van der Waals surface area contributed by atoms with Crippen molar-refractivity contribution < 1.29 is 39.9 Å². The van der Waals surface area contributed by atoms with Crippen molar-refractivity contribution in [3.63, 3.8) is 0 Å². The molecule has 0 aliphatic heterocycles. The minimum absolute atomic E-state index is 0.220. The monoisotopic (exact) mass is 556 g/mol. The molecule has 0 heterocycles. The Kier molecular flexibility index (Phi) is 7.90. The quantitative estimate of drug-likeness (QED) is 0.300. The van der Waals surface area contributed by atoms with E-state index < -0.39 is 64.2 Å². The first-order valence-electron chi connectivity index (χ1n) is 12.2. The fourth-order valence-corrected chi connectivity index (χ4v) is 5.00. The Bertz CT molecular complexity index is 1320. The molecule has 208 valence electrons. The molecule has 1 fully saturated rings. The van der Waals surface area contributed by atoms with Gasteiger partial charge < -0.3 is 10.6 Å². The number of amides is 2. The smallest absolute Gasteiger partial charge is 0.335 e. The lowest BCUT2D eigenvalue weighted by Crippen LogP contribution is -2.54. The highest BCUT2D eigenvalue weighted by molar-refractivity contribution is 5.76. The van der Waals surface area contributed by atoms with Gasteiger partial charge in [0.05, 0.1) is 16.7 Å². The van der Waals surface area contributed by atoms with Crippen molar-refractivity contribution >= 4 is 6.03 Å². The summed E-state index contributed by atoms with van der Waals surface area (Å²) in [6, 6.07) is 10.3. The highest BCUT2D eigenvalue weighted by Crippen LogP contribution is 2.42. The number of urea groups is 1. The average molecular weight is 556 g/mol. The van der Waals surface area contributed by atoms with E-state index in [-0.39, 0.29) is 12.1 Å². The van der Waals surface area contributed by atoms with Crippen LogP contribution in [0.4, 0.5) is 39.9 Å². The third kappa shape index (κ3) is 6.34. The molecular weight excluding hydrogens is 532 g/mol. The van der Waals surface area contributed by atoms with E-state index in [9.17, 15) is 35.5 Å². The Labute approximate surface area is 219 Å². The summed E-state index contributed by atoms with van der Waals surface area (Å²) in [5.41, 5.74) is -6.48. The lowest BCUT2D eigenvalue weighted by Gasteiger charge is -2.38. The number of nitrogens with one attached hydrogen (secondary N) is 2. The van der Waals surface area contributed by atoms with Gasteiger partial charge >= 0.3 is 18.4 Å². The maximum atomic E-state index is 15.7. The first-order chi connectivity index (χ1) is 18.3. The van der Waals surface area contributed by atoms with Crippen LogP contribution in [0, 0.1) is 11.6 Å². The summed E-state index contributed by atoms with van der Waals surface area (Å²) in [5, 5.41) is 5.14. The predicted octanol–water partition coefficient (Wildman–Crippen LogP) is 7.73. The van der Waals surface area contributed by atoms with Crippen molar-refractivity contribution in [2.45, 2.75) is 56.0 Å². The van der Waals surface area contributed by atoms with Crippen molar-refractivity contribution in [1.29, 1.82) is 0 Å². The first-order valence-corrected chi connectivity index (χ1v) is 12.2. The van der Waals surface area contributed by atoms with Crippen LogP contribution in [0.25, 0.3) is 0 Å². The molecule has 1 aliphatic carbocycles. The van der Waals surface area contributed by atoms with Crippen LogP contribution in [-0.2, 0) is 24.3 Å². The van der Waals surface area contributed by atoms with E-state index in [0.717, 1.165) is 25.0 Å². The van der Waals surface area contributed by atoms with Gasteiger partial charge in [-0.2, -0.15) is 26.3 Å². The number of rotatable bonds is 6. The Morgan fingerprint density at radius 1 is 0.769 bits per heavy atom. The summed E-state index contributed by atoms with van der Waals surface area (Å²) in [4.78, 5) is 13.2. The largest absolute Gasteiger partial charge is 0.419 e. The van der Waals surface area contributed by atoms with Crippen molar-refractivity contribution in [2.24, 2.45) is 0 Å². The van der Waals surface area contributed by atoms with Crippen LogP contribution in [0.3, 0.4) is 0 Å². The Morgan fingerprint density at radius 2 is 1.38 bits per heavy atom. The van der Waals surface area contributed by atoms with Crippen molar-refractivity contribution in [3.8, 4) is 0 Å². The van der Waals surface area contributed by atoms with Gasteiger partial charge in [-0.15, -0.1) is 0 Å². The summed E-state index contributed by atoms with van der Waals surface area (Å²) in [5.74, 6) is -3.15. The van der Waals surface area contributed by atoms with E-state index in [2.05, 4.69) is 10.6 Å². The zero-order chi connectivity index (χ0) is 28.4. The fourth-order valence-electron chi connectivity index (χ4n) is 5.00. The zero-order valence-corrected chi connectivity index (χ0v) is 20.4. The molecule has 2 N–H and O–H groups in total. The minimum atomic E-state index is -5.15. The third-order valence-corrected chi connectivity index (χ3v) is 6.81. The molecule has 3 aromatic carbocycles. The lowest BCUT2D eigenvalue weighted by molar-refractivity contribution is -0.140. The second-order valence-corrected chi connectivity index (χ2v) is 9.54. The van der Waals surface area contributed by atoms with Crippen molar-refractivity contribution in [3.05, 3.63) is 106 Å². The number of hydrogen-bond donors (Lipinski definition) is 2. The molecule has 1 unspecified atom stereocenters. The first kappa shape index (κ1) is 28.4. The van der Waals surface area contributed by atoms with E-state index >= 15 is 4.39 Å². The number of carbonyl (C=O) groups excluding carboxylic acids is 1. The molecule has 0 radical (unpaired) electrons. The van der Waals surface area contributed by atoms with Gasteiger partial charge in [0.1, 0.15) is 11.6 Å². The predicted molar refractivity (Wildman–Crippen MR) is 128 cm³/mol. The lowest BCUT2D eigenvalue weighted by atomic mass is 9.76. The summed E-state index contributed by atoms with van der Waals surface area (Å²) < 4.78 is 113. The maximum absolute atomic E-state index is 15.7. The van der Waals surface area contributed by atoms with E-state index in [1.807, 2.05) is 0 Å². The van der Waals surface area contributed by atoms with Gasteiger partial charge in [-0.3, -0.25) is 0 Å². The van der Waals surface area contributed by atoms with Gasteiger partial charge in [-0.1, -0.05) is 55.3 Å². The van der Waals surface area contributed by atoms with Crippen LogP contribution in [0.2, 0.25) is 0 Å². The van der Waals surface area contributed by atoms with Crippen molar-refractivity contribution in [1.82, 2.24) is 10.6 Å². The highest BCUT2D eigenvalue weighted by atomic mass is 19.4. The summed E-state index contributed by atoms with van der Waals surface area (Å²) in [6.45, 7) is 0. The van der Waals surface area contributed by atoms with E-state index in [1.165, 1.54) is 12.1 Å². The molecule has 2 amide bonds. The van der Waals surface area contributed by atoms with E-state index in [1.54, 1.807) is 18.2 Å². The summed E-state index contributed by atoms with van der Waals surface area (Å²) in [6.07, 6.45) is -7.78. The molecule has 0 saturated heterocycles. The molecule has 0 spiro atoms. The molecule has 1 aliphatic rings. The molecule has 1 saturated carbocycles. The SMILES string of the molecule is O=C(NC1CCCC1)NC(Cc1ccccc1)(c1cc(F)cc(C(F)(F)F)c1)c1cccc(C(F)(F)F)c1F. The van der Waals surface area contributed by atoms with Crippen LogP contribution < -0.4 is 10.6 Å². The molecule has 0 aromatic heterocycles. The standard InChI is InChI=1S/C28H24F8N2O/c29-20-14-18(13-19(15-20)27(31,32)33)26(16-17-7-2-1-3-8-17,38-25(39)37-21-9-4-5-10-21)22-11-6-12-23(24(22)30)28(34,35)36/h1-3,6-8,11-15,21H,4-5,9-10,16H2,(H2,37,38,39). The topological polar surface area (TPSA) is 41.1 Å². The van der Waals surface area contributed by atoms with E-state index in [0.29, 0.717) is 36.6 Å². The Morgan fingerprint density at radius 3 is 2.00 bits per heavy atom. The molecule has 3 nitrogen and oxygen atoms in total. The number of carbonyl (C=O) groups is 1. The second-order valence-electron chi connectivity index (χ2n) is 9.54. The Balaban J connectivity index is 2.00. The second kappa shape index (κ2) is 10.9. The number of benzene rings is 3. The van der Waals surface area contributed by atoms with Crippen LogP contribution in [0.15, 0.2) is 66.7 Å². The summed E-state index contributed by atoms with van der Waals surface area (Å²) >= 11 is 0. The number of halogens is 8. The molecule has 3 aromatic rings. The van der Waals surface area contributed by atoms with Gasteiger partial charge in [-0.25, -0.2) is 13.6 Å². The van der Waals surface area contributed by atoms with Gasteiger partial charge in [0, 0.05) is 18.0 Å². The van der Waals surface area contributed by atoms with E-state index in [4.69, 9.17) is 0 Å². The zero-order valence-electron chi connectivity index (χ0n) is 20.4. The molecule has 11 heteroatoms. The van der Waals surface area contributed by atoms with Gasteiger partial charge in [0.25, 0.3) is 0 Å². The normalized spacial score (nSPS) is 16.1. The van der Waals surface area contributed by atoms with Gasteiger partial charge in [-0.05, 0) is 48.2 Å². The number of alkyl halides is 6. The van der Waals surface area contributed by atoms with Crippen LogP contribution >= 0.6 is 0 Å². The molecule has 0 bridgehead atoms. The number of hydrogen-bond acceptors (Lipinski definition) is 1. The van der Waals surface area contributed by atoms with Gasteiger partial charge in [0.15, 0.2) is 0 Å². The molecule has 4 rings (SSSR count). The molecule has 39 heavy (non-hydrogen) atoms.